The normalized spacial score (nSPS) is 11.4. The third kappa shape index (κ3) is 6.06. The van der Waals surface area contributed by atoms with Crippen molar-refractivity contribution >= 4 is 52.4 Å². The van der Waals surface area contributed by atoms with Gasteiger partial charge < -0.3 is 20.5 Å². The van der Waals surface area contributed by atoms with E-state index in [0.29, 0.717) is 39.9 Å². The van der Waals surface area contributed by atoms with Crippen molar-refractivity contribution in [2.45, 2.75) is 19.9 Å². The summed E-state index contributed by atoms with van der Waals surface area (Å²) in [5.41, 5.74) is 2.56. The molecule has 0 spiro atoms. The molecule has 9 heteroatoms. The van der Waals surface area contributed by atoms with Gasteiger partial charge in [0.05, 0.1) is 22.3 Å². The van der Waals surface area contributed by atoms with E-state index in [9.17, 15) is 4.79 Å². The van der Waals surface area contributed by atoms with Crippen LogP contribution in [0.5, 0.6) is 0 Å². The minimum absolute atomic E-state index is 0.135. The van der Waals surface area contributed by atoms with Crippen LogP contribution in [0.3, 0.4) is 0 Å². The van der Waals surface area contributed by atoms with Crippen LogP contribution in [0.1, 0.15) is 17.7 Å². The Morgan fingerprint density at radius 2 is 1.89 bits per heavy atom. The Labute approximate surface area is 173 Å². The number of guanidine groups is 1. The number of benzene rings is 1. The summed E-state index contributed by atoms with van der Waals surface area (Å²) in [7, 11) is 3.49. The lowest BCUT2D eigenvalue weighted by Crippen LogP contribution is -2.38. The van der Waals surface area contributed by atoms with Gasteiger partial charge >= 0.3 is 0 Å². The van der Waals surface area contributed by atoms with Gasteiger partial charge in [0.15, 0.2) is 5.96 Å². The van der Waals surface area contributed by atoms with Gasteiger partial charge in [-0.25, -0.2) is 0 Å². The molecule has 0 radical (unpaired) electrons. The minimum atomic E-state index is -0.135. The molecule has 0 aliphatic rings. The van der Waals surface area contributed by atoms with E-state index in [2.05, 4.69) is 20.9 Å². The van der Waals surface area contributed by atoms with Gasteiger partial charge in [0.2, 0.25) is 5.91 Å². The predicted molar refractivity (Wildman–Crippen MR) is 113 cm³/mol. The molecule has 3 N–H and O–H groups in total. The Bertz CT molecular complexity index is 848. The summed E-state index contributed by atoms with van der Waals surface area (Å²) in [4.78, 5) is 16.2. The van der Waals surface area contributed by atoms with Gasteiger partial charge in [-0.3, -0.25) is 9.79 Å². The molecule has 27 heavy (non-hydrogen) atoms. The Kier molecular flexibility index (Phi) is 7.83. The monoisotopic (exact) mass is 429 g/mol. The van der Waals surface area contributed by atoms with E-state index in [1.165, 1.54) is 0 Å². The lowest BCUT2D eigenvalue weighted by Gasteiger charge is -2.13. The van der Waals surface area contributed by atoms with E-state index in [1.54, 1.807) is 23.7 Å². The zero-order valence-electron chi connectivity index (χ0n) is 15.4. The van der Waals surface area contributed by atoms with Crippen LogP contribution in [0.25, 0.3) is 0 Å². The van der Waals surface area contributed by atoms with Crippen LogP contribution in [0.4, 0.5) is 5.69 Å². The highest BCUT2D eigenvalue weighted by Crippen LogP contribution is 2.25. The molecule has 0 unspecified atom stereocenters. The number of carbonyl (C=O) groups is 1. The van der Waals surface area contributed by atoms with Crippen LogP contribution >= 0.6 is 34.8 Å². The van der Waals surface area contributed by atoms with Gasteiger partial charge in [0.25, 0.3) is 0 Å². The first kappa shape index (κ1) is 21.4. The van der Waals surface area contributed by atoms with Crippen LogP contribution in [0.2, 0.25) is 15.2 Å². The first-order chi connectivity index (χ1) is 12.8. The van der Waals surface area contributed by atoms with Crippen molar-refractivity contribution < 1.29 is 4.79 Å². The number of aryl methyl sites for hydroxylation is 1. The molecule has 0 saturated carbocycles. The SMILES string of the molecule is CN=C(NCCC(=O)Nc1ccc(C)cc1Cl)NCc1cc(Cl)c(Cl)n1C. The molecule has 0 aliphatic heterocycles. The summed E-state index contributed by atoms with van der Waals surface area (Å²) in [5, 5.41) is 10.6. The molecular weight excluding hydrogens is 409 g/mol. The number of nitrogens with zero attached hydrogens (tertiary/aromatic N) is 2. The molecule has 6 nitrogen and oxygen atoms in total. The maximum Gasteiger partial charge on any atom is 0.226 e. The van der Waals surface area contributed by atoms with Crippen molar-refractivity contribution in [2.75, 3.05) is 18.9 Å². The van der Waals surface area contributed by atoms with E-state index in [1.807, 2.05) is 26.1 Å². The number of nitrogens with one attached hydrogen (secondary N) is 3. The molecule has 146 valence electrons. The summed E-state index contributed by atoms with van der Waals surface area (Å²) in [6.07, 6.45) is 0.271. The Hall–Kier alpha value is -1.89. The minimum Gasteiger partial charge on any atom is -0.356 e. The lowest BCUT2D eigenvalue weighted by molar-refractivity contribution is -0.116. The molecule has 0 aliphatic carbocycles. The zero-order chi connectivity index (χ0) is 20.0. The molecule has 1 amide bonds. The van der Waals surface area contributed by atoms with E-state index in [-0.39, 0.29) is 12.3 Å². The second-order valence-corrected chi connectivity index (χ2v) is 7.14. The number of anilines is 1. The van der Waals surface area contributed by atoms with Gasteiger partial charge in [-0.1, -0.05) is 40.9 Å². The summed E-state index contributed by atoms with van der Waals surface area (Å²) in [6, 6.07) is 7.29. The Morgan fingerprint density at radius 1 is 1.15 bits per heavy atom. The molecule has 1 aromatic carbocycles. The summed E-state index contributed by atoms with van der Waals surface area (Å²) in [6.45, 7) is 2.86. The quantitative estimate of drug-likeness (QED) is 0.479. The molecule has 1 aromatic heterocycles. The van der Waals surface area contributed by atoms with E-state index in [4.69, 9.17) is 34.8 Å². The standard InChI is InChI=1S/C18H22Cl3N5O/c1-11-4-5-15(13(19)8-11)25-16(27)6-7-23-18(22-2)24-10-12-9-14(20)17(21)26(12)3/h4-5,8-9H,6-7,10H2,1-3H3,(H,25,27)(H2,22,23,24). The summed E-state index contributed by atoms with van der Waals surface area (Å²) in [5.74, 6) is 0.439. The second kappa shape index (κ2) is 9.88. The number of amides is 1. The predicted octanol–water partition coefficient (Wildman–Crippen LogP) is 3.99. The van der Waals surface area contributed by atoms with Crippen LogP contribution in [0, 0.1) is 6.92 Å². The van der Waals surface area contributed by atoms with E-state index < -0.39 is 0 Å². The maximum atomic E-state index is 12.1. The van der Waals surface area contributed by atoms with Gasteiger partial charge in [-0.2, -0.15) is 0 Å². The van der Waals surface area contributed by atoms with Crippen molar-refractivity contribution in [2.24, 2.45) is 12.0 Å². The molecule has 0 saturated heterocycles. The van der Waals surface area contributed by atoms with Crippen molar-refractivity contribution in [3.63, 3.8) is 0 Å². The highest BCUT2D eigenvalue weighted by molar-refractivity contribution is 6.41. The Morgan fingerprint density at radius 3 is 2.48 bits per heavy atom. The molecular formula is C18H22Cl3N5O. The number of aliphatic imine (C=N–C) groups is 1. The topological polar surface area (TPSA) is 70.4 Å². The van der Waals surface area contributed by atoms with Crippen LogP contribution in [0.15, 0.2) is 29.3 Å². The number of hydrogen-bond acceptors (Lipinski definition) is 2. The molecule has 1 heterocycles. The fourth-order valence-corrected chi connectivity index (χ4v) is 3.08. The first-order valence-corrected chi connectivity index (χ1v) is 9.45. The average Bonchev–Trinajstić information content (AvgIpc) is 2.87. The number of hydrogen-bond donors (Lipinski definition) is 3. The lowest BCUT2D eigenvalue weighted by atomic mass is 10.2. The Balaban J connectivity index is 1.78. The third-order valence-corrected chi connectivity index (χ3v) is 5.07. The largest absolute Gasteiger partial charge is 0.356 e. The summed E-state index contributed by atoms with van der Waals surface area (Å²) >= 11 is 18.2. The van der Waals surface area contributed by atoms with E-state index >= 15 is 0 Å². The van der Waals surface area contributed by atoms with Crippen molar-refractivity contribution in [3.8, 4) is 0 Å². The van der Waals surface area contributed by atoms with Gasteiger partial charge in [0.1, 0.15) is 5.15 Å². The average molecular weight is 431 g/mol. The van der Waals surface area contributed by atoms with Crippen LogP contribution in [-0.4, -0.2) is 30.0 Å². The van der Waals surface area contributed by atoms with Crippen LogP contribution < -0.4 is 16.0 Å². The van der Waals surface area contributed by atoms with Gasteiger partial charge in [0, 0.05) is 32.8 Å². The molecule has 2 rings (SSSR count). The highest BCUT2D eigenvalue weighted by atomic mass is 35.5. The number of halogens is 3. The van der Waals surface area contributed by atoms with Crippen molar-refractivity contribution in [3.05, 3.63) is 50.7 Å². The number of carbonyl (C=O) groups excluding carboxylic acids is 1. The van der Waals surface area contributed by atoms with E-state index in [0.717, 1.165) is 11.3 Å². The summed E-state index contributed by atoms with van der Waals surface area (Å²) < 4.78 is 1.79. The van der Waals surface area contributed by atoms with Crippen molar-refractivity contribution in [1.82, 2.24) is 15.2 Å². The molecule has 2 aromatic rings. The second-order valence-electron chi connectivity index (χ2n) is 5.97. The maximum absolute atomic E-state index is 12.1. The van der Waals surface area contributed by atoms with Gasteiger partial charge in [-0.15, -0.1) is 0 Å². The first-order valence-electron chi connectivity index (χ1n) is 8.32. The molecule has 0 bridgehead atoms. The number of aromatic nitrogens is 1. The smallest absolute Gasteiger partial charge is 0.226 e. The van der Waals surface area contributed by atoms with Crippen LogP contribution in [-0.2, 0) is 18.4 Å². The molecule has 0 fully saturated rings. The third-order valence-electron chi connectivity index (χ3n) is 3.92. The number of rotatable bonds is 6. The fraction of sp³-hybridized carbons (Fsp3) is 0.333. The molecule has 0 atom stereocenters. The highest BCUT2D eigenvalue weighted by Gasteiger charge is 2.10. The fourth-order valence-electron chi connectivity index (χ4n) is 2.38. The zero-order valence-corrected chi connectivity index (χ0v) is 17.6. The van der Waals surface area contributed by atoms with Gasteiger partial charge in [-0.05, 0) is 30.7 Å². The van der Waals surface area contributed by atoms with Crippen molar-refractivity contribution in [1.29, 1.82) is 0 Å².